The highest BCUT2D eigenvalue weighted by molar-refractivity contribution is 6.30. The third-order valence-electron chi connectivity index (χ3n) is 5.48. The van der Waals surface area contributed by atoms with E-state index in [1.54, 1.807) is 34.0 Å². The Balaban J connectivity index is 1.73. The Labute approximate surface area is 202 Å². The first-order chi connectivity index (χ1) is 16.1. The Hall–Kier alpha value is -3.40. The topological polar surface area (TPSA) is 103 Å². The molecule has 0 bridgehead atoms. The third-order valence-corrected chi connectivity index (χ3v) is 5.71. The van der Waals surface area contributed by atoms with E-state index in [1.807, 2.05) is 32.6 Å². The molecule has 4 heterocycles. The maximum atomic E-state index is 12.7. The van der Waals surface area contributed by atoms with Crippen molar-refractivity contribution in [2.45, 2.75) is 39.3 Å². The molecule has 0 N–H and O–H groups in total. The van der Waals surface area contributed by atoms with E-state index in [9.17, 15) is 9.59 Å². The number of rotatable bonds is 3. The summed E-state index contributed by atoms with van der Waals surface area (Å²) in [5.74, 6) is 0.588. The fourth-order valence-electron chi connectivity index (χ4n) is 3.99. The SMILES string of the molecule is COC(=O)c1cn(-c2cc(Cl)ccn2)c2ncnc(N3CCN(C(=O)OC(C)(C)C)[C@H](C)C3)c12. The van der Waals surface area contributed by atoms with Gasteiger partial charge in [-0.05, 0) is 33.8 Å². The van der Waals surface area contributed by atoms with Gasteiger partial charge in [-0.1, -0.05) is 11.6 Å². The second-order valence-electron chi connectivity index (χ2n) is 9.10. The summed E-state index contributed by atoms with van der Waals surface area (Å²) in [6.45, 7) is 8.96. The van der Waals surface area contributed by atoms with Gasteiger partial charge in [0.2, 0.25) is 0 Å². The molecule has 34 heavy (non-hydrogen) atoms. The molecule has 11 heteroatoms. The number of carbonyl (C=O) groups excluding carboxylic acids is 2. The molecule has 10 nitrogen and oxygen atoms in total. The predicted octanol–water partition coefficient (Wildman–Crippen LogP) is 3.70. The van der Waals surface area contributed by atoms with E-state index in [0.717, 1.165) is 0 Å². The number of anilines is 1. The van der Waals surface area contributed by atoms with Crippen LogP contribution in [0.4, 0.5) is 10.6 Å². The van der Waals surface area contributed by atoms with Crippen LogP contribution in [0.2, 0.25) is 5.02 Å². The minimum atomic E-state index is -0.570. The summed E-state index contributed by atoms with van der Waals surface area (Å²) in [6.07, 6.45) is 4.32. The summed E-state index contributed by atoms with van der Waals surface area (Å²) in [7, 11) is 1.33. The monoisotopic (exact) mass is 486 g/mol. The minimum absolute atomic E-state index is 0.133. The number of ether oxygens (including phenoxy) is 2. The lowest BCUT2D eigenvalue weighted by Crippen LogP contribution is -2.55. The molecule has 1 amide bonds. The maximum absolute atomic E-state index is 12.7. The van der Waals surface area contributed by atoms with Gasteiger partial charge in [0.15, 0.2) is 5.65 Å². The Morgan fingerprint density at radius 1 is 1.18 bits per heavy atom. The molecule has 0 spiro atoms. The summed E-state index contributed by atoms with van der Waals surface area (Å²) in [4.78, 5) is 42.4. The number of hydrogen-bond donors (Lipinski definition) is 0. The molecule has 180 valence electrons. The van der Waals surface area contributed by atoms with Crippen LogP contribution in [0.1, 0.15) is 38.1 Å². The van der Waals surface area contributed by atoms with Crippen LogP contribution in [-0.2, 0) is 9.47 Å². The molecule has 1 fully saturated rings. The van der Waals surface area contributed by atoms with Gasteiger partial charge in [-0.15, -0.1) is 0 Å². The molecule has 0 aliphatic carbocycles. The van der Waals surface area contributed by atoms with Gasteiger partial charge in [0.1, 0.15) is 23.6 Å². The van der Waals surface area contributed by atoms with E-state index in [-0.39, 0.29) is 12.1 Å². The van der Waals surface area contributed by atoms with Crippen LogP contribution in [0.5, 0.6) is 0 Å². The zero-order valence-corrected chi connectivity index (χ0v) is 20.5. The van der Waals surface area contributed by atoms with Gasteiger partial charge in [0.05, 0.1) is 18.1 Å². The fraction of sp³-hybridized carbons (Fsp3) is 0.435. The van der Waals surface area contributed by atoms with Crippen molar-refractivity contribution in [2.24, 2.45) is 0 Å². The second kappa shape index (κ2) is 9.09. The van der Waals surface area contributed by atoms with Crippen molar-refractivity contribution in [1.29, 1.82) is 0 Å². The van der Waals surface area contributed by atoms with E-state index in [0.29, 0.717) is 52.9 Å². The number of esters is 1. The van der Waals surface area contributed by atoms with E-state index in [4.69, 9.17) is 21.1 Å². The molecule has 1 aliphatic rings. The van der Waals surface area contributed by atoms with Crippen molar-refractivity contribution in [3.63, 3.8) is 0 Å². The van der Waals surface area contributed by atoms with Crippen molar-refractivity contribution in [3.05, 3.63) is 41.4 Å². The highest BCUT2D eigenvalue weighted by atomic mass is 35.5. The summed E-state index contributed by atoms with van der Waals surface area (Å²) in [5.41, 5.74) is 0.249. The highest BCUT2D eigenvalue weighted by Crippen LogP contribution is 2.32. The van der Waals surface area contributed by atoms with Crippen LogP contribution in [0.25, 0.3) is 16.9 Å². The van der Waals surface area contributed by atoms with E-state index >= 15 is 0 Å². The molecule has 0 aromatic carbocycles. The zero-order valence-electron chi connectivity index (χ0n) is 19.8. The maximum Gasteiger partial charge on any atom is 0.410 e. The molecular formula is C23H27ClN6O4. The Bertz CT molecular complexity index is 1240. The number of fused-ring (bicyclic) bond motifs is 1. The minimum Gasteiger partial charge on any atom is -0.465 e. The first-order valence-electron chi connectivity index (χ1n) is 10.9. The lowest BCUT2D eigenvalue weighted by atomic mass is 10.1. The molecule has 1 saturated heterocycles. The number of amides is 1. The average Bonchev–Trinajstić information content (AvgIpc) is 3.17. The first kappa shape index (κ1) is 23.7. The summed E-state index contributed by atoms with van der Waals surface area (Å²) in [6, 6.07) is 3.22. The Morgan fingerprint density at radius 2 is 1.94 bits per heavy atom. The zero-order chi connectivity index (χ0) is 24.6. The van der Waals surface area contributed by atoms with E-state index in [1.165, 1.54) is 13.4 Å². The smallest absolute Gasteiger partial charge is 0.410 e. The van der Waals surface area contributed by atoms with Gasteiger partial charge in [0, 0.05) is 49.2 Å². The second-order valence-corrected chi connectivity index (χ2v) is 9.54. The number of aromatic nitrogens is 4. The predicted molar refractivity (Wildman–Crippen MR) is 128 cm³/mol. The molecule has 0 radical (unpaired) electrons. The van der Waals surface area contributed by atoms with Gasteiger partial charge in [-0.2, -0.15) is 0 Å². The van der Waals surface area contributed by atoms with Crippen molar-refractivity contribution in [2.75, 3.05) is 31.6 Å². The number of piperazine rings is 1. The van der Waals surface area contributed by atoms with Gasteiger partial charge >= 0.3 is 12.1 Å². The summed E-state index contributed by atoms with van der Waals surface area (Å²) < 4.78 is 12.3. The normalized spacial score (nSPS) is 16.6. The fourth-order valence-corrected chi connectivity index (χ4v) is 4.15. The van der Waals surface area contributed by atoms with Crippen molar-refractivity contribution in [3.8, 4) is 5.82 Å². The molecular weight excluding hydrogens is 460 g/mol. The average molecular weight is 487 g/mol. The van der Waals surface area contributed by atoms with Crippen LogP contribution in [0, 0.1) is 0 Å². The number of methoxy groups -OCH3 is 1. The first-order valence-corrected chi connectivity index (χ1v) is 11.3. The van der Waals surface area contributed by atoms with E-state index in [2.05, 4.69) is 15.0 Å². The molecule has 4 rings (SSSR count). The number of pyridine rings is 1. The third kappa shape index (κ3) is 4.63. The standard InChI is InChI=1S/C23H27ClN6O4/c1-14-11-28(8-9-29(14)22(32)34-23(2,3)4)19-18-16(21(31)33-5)12-30(20(18)27-13-26-19)17-10-15(24)6-7-25-17/h6-7,10,12-14H,8-9,11H2,1-5H3/t14-/m1/s1. The van der Waals surface area contributed by atoms with Gasteiger partial charge < -0.3 is 19.3 Å². The van der Waals surface area contributed by atoms with Gasteiger partial charge in [-0.25, -0.2) is 24.5 Å². The lowest BCUT2D eigenvalue weighted by molar-refractivity contribution is 0.0158. The molecule has 0 unspecified atom stereocenters. The Kier molecular flexibility index (Phi) is 6.35. The quantitative estimate of drug-likeness (QED) is 0.516. The molecule has 0 saturated carbocycles. The number of nitrogens with zero attached hydrogens (tertiary/aromatic N) is 6. The van der Waals surface area contributed by atoms with Crippen LogP contribution in [0.3, 0.4) is 0 Å². The van der Waals surface area contributed by atoms with Crippen molar-refractivity contribution >= 4 is 40.5 Å². The lowest BCUT2D eigenvalue weighted by Gasteiger charge is -2.40. The van der Waals surface area contributed by atoms with Crippen LogP contribution in [-0.4, -0.2) is 74.9 Å². The molecule has 1 aliphatic heterocycles. The molecule has 3 aromatic heterocycles. The van der Waals surface area contributed by atoms with Gasteiger partial charge in [-0.3, -0.25) is 4.57 Å². The number of halogens is 1. The summed E-state index contributed by atoms with van der Waals surface area (Å²) in [5, 5.41) is 1.06. The van der Waals surface area contributed by atoms with Crippen molar-refractivity contribution in [1.82, 2.24) is 24.4 Å². The van der Waals surface area contributed by atoms with Crippen LogP contribution < -0.4 is 4.90 Å². The van der Waals surface area contributed by atoms with Crippen LogP contribution in [0.15, 0.2) is 30.9 Å². The summed E-state index contributed by atoms with van der Waals surface area (Å²) >= 11 is 6.16. The van der Waals surface area contributed by atoms with E-state index < -0.39 is 11.6 Å². The highest BCUT2D eigenvalue weighted by Gasteiger charge is 2.33. The largest absolute Gasteiger partial charge is 0.465 e. The van der Waals surface area contributed by atoms with Crippen molar-refractivity contribution < 1.29 is 19.1 Å². The molecule has 1 atom stereocenters. The Morgan fingerprint density at radius 3 is 2.59 bits per heavy atom. The van der Waals surface area contributed by atoms with Crippen LogP contribution >= 0.6 is 11.6 Å². The number of hydrogen-bond acceptors (Lipinski definition) is 8. The molecule has 3 aromatic rings. The number of carbonyl (C=O) groups is 2. The van der Waals surface area contributed by atoms with Gasteiger partial charge in [0.25, 0.3) is 0 Å².